The minimum absolute atomic E-state index is 0.351. The van der Waals surface area contributed by atoms with Crippen LogP contribution in [0.5, 0.6) is 0 Å². The Hall–Kier alpha value is -2.86. The number of hydrogen-bond donors (Lipinski definition) is 0. The number of fused-ring (bicyclic) bond motifs is 1. The van der Waals surface area contributed by atoms with Gasteiger partial charge in [-0.2, -0.15) is 0 Å². The van der Waals surface area contributed by atoms with E-state index >= 15 is 0 Å². The molecule has 0 heterocycles. The lowest BCUT2D eigenvalue weighted by molar-refractivity contribution is 0.443. The van der Waals surface area contributed by atoms with Gasteiger partial charge in [0.1, 0.15) is 0 Å². The molecule has 0 spiro atoms. The monoisotopic (exact) mass is 418 g/mol. The van der Waals surface area contributed by atoms with Gasteiger partial charge in [-0.15, -0.1) is 0 Å². The van der Waals surface area contributed by atoms with Crippen LogP contribution in [0.15, 0.2) is 73.3 Å². The van der Waals surface area contributed by atoms with Crippen molar-refractivity contribution in [3.8, 4) is 11.1 Å². The molecule has 1 unspecified atom stereocenters. The van der Waals surface area contributed by atoms with E-state index in [2.05, 4.69) is 93.2 Å². The molecule has 3 aromatic rings. The second-order valence-corrected chi connectivity index (χ2v) is 9.84. The Bertz CT molecular complexity index is 1170. The zero-order chi connectivity index (χ0) is 22.1. The smallest absolute Gasteiger partial charge is 0.00615 e. The summed E-state index contributed by atoms with van der Waals surface area (Å²) in [5, 5.41) is 0. The minimum atomic E-state index is 0.351. The van der Waals surface area contributed by atoms with Crippen LogP contribution < -0.4 is 0 Å². The summed E-state index contributed by atoms with van der Waals surface area (Å²) in [6, 6.07) is 23.2. The van der Waals surface area contributed by atoms with Crippen LogP contribution in [0.2, 0.25) is 0 Å². The highest BCUT2D eigenvalue weighted by Crippen LogP contribution is 2.39. The van der Waals surface area contributed by atoms with Crippen LogP contribution in [0.1, 0.15) is 91.2 Å². The first-order valence-corrected chi connectivity index (χ1v) is 12.3. The van der Waals surface area contributed by atoms with E-state index in [4.69, 9.17) is 0 Å². The van der Waals surface area contributed by atoms with Gasteiger partial charge >= 0.3 is 0 Å². The van der Waals surface area contributed by atoms with E-state index in [1.807, 2.05) is 0 Å². The van der Waals surface area contributed by atoms with Crippen molar-refractivity contribution in [1.82, 2.24) is 0 Å². The summed E-state index contributed by atoms with van der Waals surface area (Å²) in [4.78, 5) is 0. The number of benzene rings is 3. The predicted molar refractivity (Wildman–Crippen MR) is 139 cm³/mol. The van der Waals surface area contributed by atoms with E-state index in [1.165, 1.54) is 71.0 Å². The van der Waals surface area contributed by atoms with E-state index in [9.17, 15) is 0 Å². The van der Waals surface area contributed by atoms with Gasteiger partial charge in [-0.3, -0.25) is 0 Å². The highest BCUT2D eigenvalue weighted by Gasteiger charge is 2.20. The van der Waals surface area contributed by atoms with Crippen molar-refractivity contribution in [3.05, 3.63) is 107 Å². The lowest BCUT2D eigenvalue weighted by Gasteiger charge is -2.25. The van der Waals surface area contributed by atoms with Gasteiger partial charge < -0.3 is 0 Å². The molecular formula is C32H34. The maximum absolute atomic E-state index is 4.15. The van der Waals surface area contributed by atoms with Crippen molar-refractivity contribution in [3.63, 3.8) is 0 Å². The molecule has 3 aromatic carbocycles. The zero-order valence-electron chi connectivity index (χ0n) is 19.5. The summed E-state index contributed by atoms with van der Waals surface area (Å²) in [6.45, 7) is 8.60. The fraction of sp³-hybridized carbons (Fsp3) is 0.312. The van der Waals surface area contributed by atoms with Crippen molar-refractivity contribution in [2.24, 2.45) is 0 Å². The largest absolute Gasteiger partial charge is 0.0955 e. The number of allylic oxidation sites excluding steroid dienone is 2. The molecule has 162 valence electrons. The Morgan fingerprint density at radius 1 is 0.906 bits per heavy atom. The number of rotatable bonds is 5. The Balaban J connectivity index is 1.61. The summed E-state index contributed by atoms with van der Waals surface area (Å²) in [6.07, 6.45) is 12.5. The molecule has 2 aliphatic rings. The molecule has 1 atom stereocenters. The Morgan fingerprint density at radius 2 is 1.72 bits per heavy atom. The molecule has 2 aliphatic carbocycles. The summed E-state index contributed by atoms with van der Waals surface area (Å²) < 4.78 is 0. The van der Waals surface area contributed by atoms with E-state index in [-0.39, 0.29) is 0 Å². The minimum Gasteiger partial charge on any atom is -0.0955 e. The van der Waals surface area contributed by atoms with Crippen molar-refractivity contribution in [1.29, 1.82) is 0 Å². The van der Waals surface area contributed by atoms with Gasteiger partial charge in [0.25, 0.3) is 0 Å². The first-order chi connectivity index (χ1) is 15.6. The zero-order valence-corrected chi connectivity index (χ0v) is 19.5. The molecule has 1 saturated carbocycles. The maximum Gasteiger partial charge on any atom is 0.00615 e. The summed E-state index contributed by atoms with van der Waals surface area (Å²) >= 11 is 0. The molecule has 0 amide bonds. The third-order valence-corrected chi connectivity index (χ3v) is 7.56. The topological polar surface area (TPSA) is 0 Å². The van der Waals surface area contributed by atoms with Gasteiger partial charge in [-0.25, -0.2) is 0 Å². The highest BCUT2D eigenvalue weighted by atomic mass is 14.2. The molecule has 0 N–H and O–H groups in total. The second kappa shape index (κ2) is 8.94. The van der Waals surface area contributed by atoms with Crippen LogP contribution in [0.4, 0.5) is 0 Å². The number of hydrogen-bond acceptors (Lipinski definition) is 0. The standard InChI is InChI=1S/C32H34/c1-22(2)26-14-7-15-27(18-26)23(3)28-19-29(24-10-5-4-6-11-24)21-30(20-28)32-17-9-13-25-12-8-16-31(25)32/h7-9,13-21,23-24H,1,4-6,10-12H2,2-3H3. The van der Waals surface area contributed by atoms with Gasteiger partial charge in [0.05, 0.1) is 0 Å². The average molecular weight is 419 g/mol. The predicted octanol–water partition coefficient (Wildman–Crippen LogP) is 9.16. The maximum atomic E-state index is 4.15. The van der Waals surface area contributed by atoms with Crippen LogP contribution in [0.3, 0.4) is 0 Å². The quantitative estimate of drug-likeness (QED) is 0.387. The fourth-order valence-electron chi connectivity index (χ4n) is 5.56. The molecule has 0 aromatic heterocycles. The van der Waals surface area contributed by atoms with E-state index in [0.29, 0.717) is 11.8 Å². The van der Waals surface area contributed by atoms with Crippen LogP contribution >= 0.6 is 0 Å². The van der Waals surface area contributed by atoms with Crippen LogP contribution in [-0.4, -0.2) is 0 Å². The molecule has 32 heavy (non-hydrogen) atoms. The van der Waals surface area contributed by atoms with E-state index in [1.54, 1.807) is 5.56 Å². The molecule has 0 nitrogen and oxygen atoms in total. The highest BCUT2D eigenvalue weighted by molar-refractivity contribution is 5.80. The summed E-state index contributed by atoms with van der Waals surface area (Å²) in [5.41, 5.74) is 12.3. The van der Waals surface area contributed by atoms with Crippen molar-refractivity contribution in [2.45, 2.75) is 64.2 Å². The molecule has 0 aliphatic heterocycles. The first-order valence-electron chi connectivity index (χ1n) is 12.3. The SMILES string of the molecule is C=C(C)c1cccc(C(C)c2cc(-c3cccc4c3C=CC4)cc(C3CCCCC3)c2)c1. The summed E-state index contributed by atoms with van der Waals surface area (Å²) in [7, 11) is 0. The van der Waals surface area contributed by atoms with Crippen molar-refractivity contribution in [2.75, 3.05) is 0 Å². The van der Waals surface area contributed by atoms with Crippen molar-refractivity contribution >= 4 is 11.6 Å². The van der Waals surface area contributed by atoms with Crippen LogP contribution in [-0.2, 0) is 6.42 Å². The molecule has 0 saturated heterocycles. The van der Waals surface area contributed by atoms with E-state index < -0.39 is 0 Å². The third kappa shape index (κ3) is 4.11. The van der Waals surface area contributed by atoms with Gasteiger partial charge in [-0.05, 0) is 76.6 Å². The third-order valence-electron chi connectivity index (χ3n) is 7.56. The van der Waals surface area contributed by atoms with Crippen LogP contribution in [0, 0.1) is 0 Å². The average Bonchev–Trinajstić information content (AvgIpc) is 3.33. The second-order valence-electron chi connectivity index (χ2n) is 9.84. The lowest BCUT2D eigenvalue weighted by atomic mass is 9.80. The van der Waals surface area contributed by atoms with Gasteiger partial charge in [0, 0.05) is 5.92 Å². The lowest BCUT2D eigenvalue weighted by Crippen LogP contribution is -2.07. The van der Waals surface area contributed by atoms with Crippen LogP contribution in [0.25, 0.3) is 22.8 Å². The molecule has 0 heteroatoms. The Labute approximate surface area is 193 Å². The molecule has 1 fully saturated rings. The molecule has 0 radical (unpaired) electrons. The molecule has 0 bridgehead atoms. The van der Waals surface area contributed by atoms with E-state index in [0.717, 1.165) is 12.0 Å². The molecule has 5 rings (SSSR count). The Kier molecular flexibility index (Phi) is 5.87. The van der Waals surface area contributed by atoms with Gasteiger partial charge in [0.15, 0.2) is 0 Å². The van der Waals surface area contributed by atoms with Gasteiger partial charge in [0.2, 0.25) is 0 Å². The van der Waals surface area contributed by atoms with Gasteiger partial charge in [-0.1, -0.05) is 111 Å². The van der Waals surface area contributed by atoms with Crippen molar-refractivity contribution < 1.29 is 0 Å². The normalized spacial score (nSPS) is 16.7. The first kappa shape index (κ1) is 21.0. The summed E-state index contributed by atoms with van der Waals surface area (Å²) in [5.74, 6) is 1.05. The fourth-order valence-corrected chi connectivity index (χ4v) is 5.56. The Morgan fingerprint density at radius 3 is 2.53 bits per heavy atom. The molecular weight excluding hydrogens is 384 g/mol.